The minimum Gasteiger partial charge on any atom is -0.507 e. The second-order valence-corrected chi connectivity index (χ2v) is 5.12. The van der Waals surface area contributed by atoms with Crippen molar-refractivity contribution in [3.63, 3.8) is 0 Å². The highest BCUT2D eigenvalue weighted by atomic mass is 16.5. The Hall–Kier alpha value is -2.73. The molecular formula is C18H19NO5. The molecule has 1 aromatic heterocycles. The van der Waals surface area contributed by atoms with Gasteiger partial charge in [0, 0.05) is 30.9 Å². The first kappa shape index (κ1) is 17.6. The van der Waals surface area contributed by atoms with Crippen molar-refractivity contribution in [1.29, 1.82) is 0 Å². The maximum absolute atomic E-state index is 11.9. The van der Waals surface area contributed by atoms with Gasteiger partial charge in [-0.2, -0.15) is 0 Å². The van der Waals surface area contributed by atoms with E-state index in [1.165, 1.54) is 12.3 Å². The molecule has 2 rings (SSSR count). The third-order valence-corrected chi connectivity index (χ3v) is 3.30. The number of aliphatic imine (C=N–C) groups is 1. The van der Waals surface area contributed by atoms with Gasteiger partial charge in [0.25, 0.3) is 0 Å². The lowest BCUT2D eigenvalue weighted by molar-refractivity contribution is 0.0896. The Bertz CT molecular complexity index is 790. The number of ether oxygens (including phenoxy) is 1. The summed E-state index contributed by atoms with van der Waals surface area (Å²) in [6, 6.07) is 8.01. The topological polar surface area (TPSA) is 89.1 Å². The summed E-state index contributed by atoms with van der Waals surface area (Å²) >= 11 is 0. The van der Waals surface area contributed by atoms with E-state index in [0.717, 1.165) is 0 Å². The fourth-order valence-corrected chi connectivity index (χ4v) is 2.05. The van der Waals surface area contributed by atoms with Crippen LogP contribution in [0, 0.1) is 6.92 Å². The molecule has 24 heavy (non-hydrogen) atoms. The van der Waals surface area contributed by atoms with Gasteiger partial charge in [0.05, 0.1) is 12.3 Å². The number of carbonyl (C=O) groups excluding carboxylic acids is 1. The van der Waals surface area contributed by atoms with Crippen molar-refractivity contribution in [3.8, 4) is 5.75 Å². The minimum absolute atomic E-state index is 0.00389. The van der Waals surface area contributed by atoms with Crippen LogP contribution in [-0.2, 0) is 4.74 Å². The predicted molar refractivity (Wildman–Crippen MR) is 90.5 cm³/mol. The number of nitrogens with zero attached hydrogens (tertiary/aromatic N) is 1. The van der Waals surface area contributed by atoms with Gasteiger partial charge in [-0.15, -0.1) is 0 Å². The molecule has 1 heterocycles. The number of hydrogen-bond donors (Lipinski definition) is 1. The van der Waals surface area contributed by atoms with Gasteiger partial charge in [0.1, 0.15) is 17.1 Å². The van der Waals surface area contributed by atoms with Crippen molar-refractivity contribution in [2.75, 3.05) is 13.2 Å². The van der Waals surface area contributed by atoms with Crippen molar-refractivity contribution in [2.45, 2.75) is 20.3 Å². The van der Waals surface area contributed by atoms with Crippen LogP contribution in [0.5, 0.6) is 5.75 Å². The highest BCUT2D eigenvalue weighted by Gasteiger charge is 2.08. The zero-order valence-electron chi connectivity index (χ0n) is 13.6. The molecule has 1 aromatic carbocycles. The quantitative estimate of drug-likeness (QED) is 0.479. The monoisotopic (exact) mass is 329 g/mol. The molecule has 6 nitrogen and oxygen atoms in total. The lowest BCUT2D eigenvalue weighted by atomic mass is 10.1. The lowest BCUT2D eigenvalue weighted by Crippen LogP contribution is -2.07. The molecule has 0 radical (unpaired) electrons. The van der Waals surface area contributed by atoms with E-state index in [0.29, 0.717) is 36.6 Å². The smallest absolute Gasteiger partial charge is 0.348 e. The van der Waals surface area contributed by atoms with E-state index in [4.69, 9.17) is 9.15 Å². The molecule has 0 atom stereocenters. The van der Waals surface area contributed by atoms with E-state index in [-0.39, 0.29) is 17.1 Å². The number of ketones is 1. The molecular weight excluding hydrogens is 310 g/mol. The SMILES string of the molecule is CCOCCC(=O)c1ccc(N=Cc2c(O)cc(C)oc2=O)cc1. The highest BCUT2D eigenvalue weighted by molar-refractivity contribution is 5.96. The second-order valence-electron chi connectivity index (χ2n) is 5.12. The van der Waals surface area contributed by atoms with Crippen LogP contribution in [0.25, 0.3) is 0 Å². The van der Waals surface area contributed by atoms with E-state index in [1.54, 1.807) is 31.2 Å². The Morgan fingerprint density at radius 2 is 2.04 bits per heavy atom. The van der Waals surface area contributed by atoms with Gasteiger partial charge in [-0.1, -0.05) is 0 Å². The fraction of sp³-hybridized carbons (Fsp3) is 0.278. The van der Waals surface area contributed by atoms with Gasteiger partial charge in [-0.05, 0) is 38.1 Å². The third-order valence-electron chi connectivity index (χ3n) is 3.30. The van der Waals surface area contributed by atoms with E-state index in [2.05, 4.69) is 4.99 Å². The molecule has 0 bridgehead atoms. The van der Waals surface area contributed by atoms with Crippen LogP contribution in [0.4, 0.5) is 5.69 Å². The molecule has 0 aliphatic heterocycles. The Morgan fingerprint density at radius 3 is 2.67 bits per heavy atom. The number of aryl methyl sites for hydroxylation is 1. The third kappa shape index (κ3) is 4.63. The Morgan fingerprint density at radius 1 is 1.33 bits per heavy atom. The average molecular weight is 329 g/mol. The normalized spacial score (nSPS) is 11.1. The maximum atomic E-state index is 11.9. The summed E-state index contributed by atoms with van der Waals surface area (Å²) in [6.45, 7) is 4.44. The molecule has 0 saturated carbocycles. The average Bonchev–Trinajstić information content (AvgIpc) is 2.54. The number of Topliss-reactive ketones (excluding diaryl/α,β-unsaturated/α-hetero) is 1. The minimum atomic E-state index is -0.654. The first-order valence-corrected chi connectivity index (χ1v) is 7.60. The molecule has 126 valence electrons. The molecule has 1 N–H and O–H groups in total. The largest absolute Gasteiger partial charge is 0.507 e. The van der Waals surface area contributed by atoms with E-state index in [1.807, 2.05) is 6.92 Å². The first-order chi connectivity index (χ1) is 11.5. The van der Waals surface area contributed by atoms with Gasteiger partial charge in [-0.3, -0.25) is 9.79 Å². The van der Waals surface area contributed by atoms with Crippen LogP contribution in [0.2, 0.25) is 0 Å². The van der Waals surface area contributed by atoms with Crippen LogP contribution in [-0.4, -0.2) is 30.3 Å². The summed E-state index contributed by atoms with van der Waals surface area (Å²) in [5.41, 5.74) is 0.457. The Kier molecular flexibility index (Phi) is 6.03. The van der Waals surface area contributed by atoms with E-state index in [9.17, 15) is 14.7 Å². The summed E-state index contributed by atoms with van der Waals surface area (Å²) in [7, 11) is 0. The van der Waals surface area contributed by atoms with Gasteiger partial charge < -0.3 is 14.3 Å². The number of rotatable bonds is 7. The van der Waals surface area contributed by atoms with Crippen molar-refractivity contribution in [2.24, 2.45) is 4.99 Å². The summed E-state index contributed by atoms with van der Waals surface area (Å²) < 4.78 is 10.1. The zero-order chi connectivity index (χ0) is 17.5. The van der Waals surface area contributed by atoms with Crippen molar-refractivity contribution in [3.05, 3.63) is 57.6 Å². The fourth-order valence-electron chi connectivity index (χ4n) is 2.05. The summed E-state index contributed by atoms with van der Waals surface area (Å²) in [4.78, 5) is 27.7. The molecule has 0 aliphatic rings. The number of benzene rings is 1. The molecule has 0 spiro atoms. The molecule has 0 aliphatic carbocycles. The predicted octanol–water partition coefficient (Wildman–Crippen LogP) is 3.01. The molecule has 2 aromatic rings. The molecule has 0 saturated heterocycles. The molecule has 0 amide bonds. The van der Waals surface area contributed by atoms with Crippen molar-refractivity contribution >= 4 is 17.7 Å². The van der Waals surface area contributed by atoms with Gasteiger partial charge in [0.2, 0.25) is 0 Å². The summed E-state index contributed by atoms with van der Waals surface area (Å²) in [5.74, 6) is 0.135. The molecule has 6 heteroatoms. The lowest BCUT2D eigenvalue weighted by Gasteiger charge is -2.02. The van der Waals surface area contributed by atoms with E-state index >= 15 is 0 Å². The standard InChI is InChI=1S/C18H19NO5/c1-3-23-9-8-16(20)13-4-6-14(7-5-13)19-11-15-17(21)10-12(2)24-18(15)22/h4-7,10-11,21H,3,8-9H2,1-2H3. The number of hydrogen-bond acceptors (Lipinski definition) is 6. The van der Waals surface area contributed by atoms with Crippen LogP contribution in [0.1, 0.15) is 35.0 Å². The first-order valence-electron chi connectivity index (χ1n) is 7.60. The van der Waals surface area contributed by atoms with Gasteiger partial charge in [-0.25, -0.2) is 4.79 Å². The van der Waals surface area contributed by atoms with Gasteiger partial charge in [0.15, 0.2) is 5.78 Å². The zero-order valence-corrected chi connectivity index (χ0v) is 13.6. The van der Waals surface area contributed by atoms with Crippen LogP contribution in [0.15, 0.2) is 44.5 Å². The van der Waals surface area contributed by atoms with Crippen LogP contribution in [0.3, 0.4) is 0 Å². The number of aromatic hydroxyl groups is 1. The highest BCUT2D eigenvalue weighted by Crippen LogP contribution is 2.17. The summed E-state index contributed by atoms with van der Waals surface area (Å²) in [6.07, 6.45) is 1.57. The van der Waals surface area contributed by atoms with Crippen LogP contribution >= 0.6 is 0 Å². The van der Waals surface area contributed by atoms with Crippen molar-refractivity contribution < 1.29 is 19.1 Å². The summed E-state index contributed by atoms with van der Waals surface area (Å²) in [5, 5.41) is 9.76. The van der Waals surface area contributed by atoms with E-state index < -0.39 is 5.63 Å². The van der Waals surface area contributed by atoms with Crippen LogP contribution < -0.4 is 5.63 Å². The molecule has 0 fully saturated rings. The van der Waals surface area contributed by atoms with Gasteiger partial charge >= 0.3 is 5.63 Å². The Balaban J connectivity index is 2.09. The molecule has 0 unspecified atom stereocenters. The Labute approximate surface area is 139 Å². The van der Waals surface area contributed by atoms with Crippen molar-refractivity contribution in [1.82, 2.24) is 0 Å². The second kappa shape index (κ2) is 8.21. The number of carbonyl (C=O) groups is 1. The maximum Gasteiger partial charge on any atom is 0.348 e.